The van der Waals surface area contributed by atoms with Gasteiger partial charge in [0.15, 0.2) is 0 Å². The lowest BCUT2D eigenvalue weighted by atomic mass is 9.93. The molecule has 2 heterocycles. The van der Waals surface area contributed by atoms with Gasteiger partial charge in [-0.25, -0.2) is 4.98 Å². The molecule has 1 aliphatic rings. The molecule has 0 radical (unpaired) electrons. The summed E-state index contributed by atoms with van der Waals surface area (Å²) in [6.07, 6.45) is -3.38. The molecule has 2 rings (SSSR count). The van der Waals surface area contributed by atoms with Crippen LogP contribution in [0.5, 0.6) is 0 Å². The minimum atomic E-state index is -4.02. The molecule has 6 heteroatoms. The second-order valence-corrected chi connectivity index (χ2v) is 7.86. The molecule has 0 aromatic carbocycles. The molecular formula is C15H23F3N2S. The Balaban J connectivity index is 1.82. The Hall–Kier alpha value is -0.620. The zero-order chi connectivity index (χ0) is 15.7. The molecule has 0 bridgehead atoms. The monoisotopic (exact) mass is 320 g/mol. The third kappa shape index (κ3) is 5.25. The predicted molar refractivity (Wildman–Crippen MR) is 79.5 cm³/mol. The maximum Gasteiger partial charge on any atom is 0.389 e. The highest BCUT2D eigenvalue weighted by atomic mass is 32.1. The van der Waals surface area contributed by atoms with Crippen molar-refractivity contribution < 1.29 is 13.2 Å². The van der Waals surface area contributed by atoms with Crippen molar-refractivity contribution in [2.24, 2.45) is 5.92 Å². The molecular weight excluding hydrogens is 297 g/mol. The van der Waals surface area contributed by atoms with Crippen LogP contribution in [-0.4, -0.2) is 29.1 Å². The van der Waals surface area contributed by atoms with Crippen LogP contribution in [0.2, 0.25) is 0 Å². The maximum atomic E-state index is 12.4. The van der Waals surface area contributed by atoms with Gasteiger partial charge < -0.3 is 0 Å². The zero-order valence-corrected chi connectivity index (χ0v) is 13.7. The van der Waals surface area contributed by atoms with E-state index in [1.54, 1.807) is 11.3 Å². The van der Waals surface area contributed by atoms with Gasteiger partial charge in [0.2, 0.25) is 0 Å². The Morgan fingerprint density at radius 1 is 1.24 bits per heavy atom. The van der Waals surface area contributed by atoms with E-state index < -0.39 is 12.6 Å². The Morgan fingerprint density at radius 2 is 1.86 bits per heavy atom. The van der Waals surface area contributed by atoms with Crippen LogP contribution in [0, 0.1) is 5.92 Å². The summed E-state index contributed by atoms with van der Waals surface area (Å²) in [6, 6.07) is 0. The fourth-order valence-corrected chi connectivity index (χ4v) is 3.66. The summed E-state index contributed by atoms with van der Waals surface area (Å²) in [5.41, 5.74) is 1.14. The second kappa shape index (κ2) is 6.24. The van der Waals surface area contributed by atoms with Crippen molar-refractivity contribution in [1.82, 2.24) is 9.88 Å². The van der Waals surface area contributed by atoms with Gasteiger partial charge >= 0.3 is 6.18 Å². The molecule has 0 atom stereocenters. The molecule has 21 heavy (non-hydrogen) atoms. The number of hydrogen-bond acceptors (Lipinski definition) is 3. The molecule has 1 aromatic heterocycles. The number of aromatic nitrogens is 1. The Labute approximate surface area is 128 Å². The maximum absolute atomic E-state index is 12.4. The van der Waals surface area contributed by atoms with Gasteiger partial charge in [-0.05, 0) is 31.8 Å². The second-order valence-electron chi connectivity index (χ2n) is 6.92. The molecule has 1 saturated heterocycles. The zero-order valence-electron chi connectivity index (χ0n) is 12.8. The van der Waals surface area contributed by atoms with E-state index in [-0.39, 0.29) is 11.3 Å². The molecule has 2 nitrogen and oxygen atoms in total. The average Bonchev–Trinajstić information content (AvgIpc) is 2.78. The van der Waals surface area contributed by atoms with Crippen LogP contribution in [0.1, 0.15) is 50.7 Å². The molecule has 0 aliphatic carbocycles. The van der Waals surface area contributed by atoms with E-state index in [1.807, 2.05) is 0 Å². The fourth-order valence-electron chi connectivity index (χ4n) is 2.60. The van der Waals surface area contributed by atoms with Crippen LogP contribution in [0.4, 0.5) is 13.2 Å². The number of thiazole rings is 1. The number of halogens is 3. The van der Waals surface area contributed by atoms with Gasteiger partial charge in [0.1, 0.15) is 5.01 Å². The first kappa shape index (κ1) is 16.7. The van der Waals surface area contributed by atoms with Gasteiger partial charge in [0.05, 0.1) is 12.2 Å². The molecule has 0 amide bonds. The van der Waals surface area contributed by atoms with Gasteiger partial charge in [0.25, 0.3) is 0 Å². The minimum Gasteiger partial charge on any atom is -0.297 e. The Kier molecular flexibility index (Phi) is 4.98. The summed E-state index contributed by atoms with van der Waals surface area (Å²) in [5.74, 6) is -0.206. The van der Waals surface area contributed by atoms with E-state index in [0.29, 0.717) is 12.8 Å². The summed E-state index contributed by atoms with van der Waals surface area (Å²) >= 11 is 1.65. The van der Waals surface area contributed by atoms with E-state index in [2.05, 4.69) is 36.0 Å². The molecule has 0 saturated carbocycles. The van der Waals surface area contributed by atoms with Crippen molar-refractivity contribution in [3.63, 3.8) is 0 Å². The summed E-state index contributed by atoms with van der Waals surface area (Å²) in [6.45, 7) is 8.65. The number of alkyl halides is 3. The Bertz CT molecular complexity index is 454. The first-order valence-electron chi connectivity index (χ1n) is 7.37. The van der Waals surface area contributed by atoms with Crippen molar-refractivity contribution in [3.8, 4) is 0 Å². The third-order valence-electron chi connectivity index (χ3n) is 3.91. The molecule has 0 N–H and O–H groups in total. The number of nitrogens with zero attached hydrogens (tertiary/aromatic N) is 2. The van der Waals surface area contributed by atoms with E-state index in [4.69, 9.17) is 0 Å². The number of rotatable bonds is 3. The number of likely N-dealkylation sites (tertiary alicyclic amines) is 1. The van der Waals surface area contributed by atoms with E-state index in [1.165, 1.54) is 0 Å². The van der Waals surface area contributed by atoms with Crippen LogP contribution in [0.15, 0.2) is 5.38 Å². The largest absolute Gasteiger partial charge is 0.389 e. The number of piperidine rings is 1. The first-order chi connectivity index (χ1) is 9.63. The van der Waals surface area contributed by atoms with Crippen LogP contribution < -0.4 is 0 Å². The number of hydrogen-bond donors (Lipinski definition) is 0. The van der Waals surface area contributed by atoms with E-state index in [0.717, 1.165) is 30.3 Å². The highest BCUT2D eigenvalue weighted by molar-refractivity contribution is 7.09. The van der Waals surface area contributed by atoms with E-state index in [9.17, 15) is 13.2 Å². The smallest absolute Gasteiger partial charge is 0.297 e. The third-order valence-corrected chi connectivity index (χ3v) is 4.74. The van der Waals surface area contributed by atoms with Gasteiger partial charge in [-0.15, -0.1) is 11.3 Å². The molecule has 1 aliphatic heterocycles. The summed E-state index contributed by atoms with van der Waals surface area (Å²) in [5, 5.41) is 3.15. The standard InChI is InChI=1S/C15H23F3N2S/c1-14(2,3)12-10-21-13(19-12)9-20-6-4-11(5-7-20)8-15(16,17)18/h10-11H,4-9H2,1-3H3. The van der Waals surface area contributed by atoms with E-state index >= 15 is 0 Å². The summed E-state index contributed by atoms with van der Waals surface area (Å²) in [4.78, 5) is 6.87. The minimum absolute atomic E-state index is 0.0501. The molecule has 1 fully saturated rings. The predicted octanol–water partition coefficient (Wildman–Crippen LogP) is 4.61. The lowest BCUT2D eigenvalue weighted by Gasteiger charge is -2.31. The normalized spacial score (nSPS) is 19.1. The highest BCUT2D eigenvalue weighted by Crippen LogP contribution is 2.31. The lowest BCUT2D eigenvalue weighted by molar-refractivity contribution is -0.147. The van der Waals surface area contributed by atoms with Crippen molar-refractivity contribution in [3.05, 3.63) is 16.1 Å². The van der Waals surface area contributed by atoms with Gasteiger partial charge in [0, 0.05) is 17.2 Å². The molecule has 0 unspecified atom stereocenters. The van der Waals surface area contributed by atoms with Crippen molar-refractivity contribution in [2.75, 3.05) is 13.1 Å². The molecule has 0 spiro atoms. The van der Waals surface area contributed by atoms with Crippen molar-refractivity contribution in [1.29, 1.82) is 0 Å². The lowest BCUT2D eigenvalue weighted by Crippen LogP contribution is -2.34. The van der Waals surface area contributed by atoms with Crippen molar-refractivity contribution >= 4 is 11.3 Å². The quantitative estimate of drug-likeness (QED) is 0.809. The average molecular weight is 320 g/mol. The summed E-state index contributed by atoms with van der Waals surface area (Å²) in [7, 11) is 0. The molecule has 120 valence electrons. The Morgan fingerprint density at radius 3 is 2.33 bits per heavy atom. The van der Waals surface area contributed by atoms with Crippen LogP contribution in [0.25, 0.3) is 0 Å². The first-order valence-corrected chi connectivity index (χ1v) is 8.25. The van der Waals surface area contributed by atoms with Crippen LogP contribution in [0.3, 0.4) is 0 Å². The fraction of sp³-hybridized carbons (Fsp3) is 0.800. The van der Waals surface area contributed by atoms with Gasteiger partial charge in [-0.2, -0.15) is 13.2 Å². The highest BCUT2D eigenvalue weighted by Gasteiger charge is 2.33. The summed E-state index contributed by atoms with van der Waals surface area (Å²) < 4.78 is 37.1. The van der Waals surface area contributed by atoms with Crippen molar-refractivity contribution in [2.45, 2.75) is 58.2 Å². The van der Waals surface area contributed by atoms with Gasteiger partial charge in [-0.3, -0.25) is 4.90 Å². The van der Waals surface area contributed by atoms with Crippen LogP contribution >= 0.6 is 11.3 Å². The van der Waals surface area contributed by atoms with Crippen LogP contribution in [-0.2, 0) is 12.0 Å². The van der Waals surface area contributed by atoms with Gasteiger partial charge in [-0.1, -0.05) is 20.8 Å². The SMILES string of the molecule is CC(C)(C)c1csc(CN2CCC(CC(F)(F)F)CC2)n1. The topological polar surface area (TPSA) is 16.1 Å². The molecule has 1 aromatic rings.